The maximum Gasteiger partial charge on any atom is 0.329 e. The molecular formula is C22H24N2O5S. The standard InChI is InChI=1S/C22H24N2O5S/c1-22(2,21(26)27)24-17(11-12-8-9-14(28-3)15(10-12)29-4)23-19-18(20(24)25)13-6-5-7-16(13)30-19/h8-10H,5-7,11H2,1-4H3,(H,26,27). The van der Waals surface area contributed by atoms with E-state index >= 15 is 0 Å². The number of fused-ring (bicyclic) bond motifs is 3. The van der Waals surface area contributed by atoms with E-state index in [2.05, 4.69) is 0 Å². The van der Waals surface area contributed by atoms with Gasteiger partial charge in [-0.3, -0.25) is 9.36 Å². The highest BCUT2D eigenvalue weighted by atomic mass is 32.1. The average Bonchev–Trinajstić information content (AvgIpc) is 3.28. The molecule has 0 bridgehead atoms. The Morgan fingerprint density at radius 1 is 1.23 bits per heavy atom. The second-order valence-electron chi connectivity index (χ2n) is 7.94. The number of benzene rings is 1. The van der Waals surface area contributed by atoms with Crippen LogP contribution in [0.3, 0.4) is 0 Å². The highest BCUT2D eigenvalue weighted by Crippen LogP contribution is 2.36. The molecule has 1 N–H and O–H groups in total. The molecule has 1 aliphatic carbocycles. The van der Waals surface area contributed by atoms with Gasteiger partial charge in [-0.2, -0.15) is 0 Å². The molecule has 0 spiro atoms. The average molecular weight is 429 g/mol. The molecule has 158 valence electrons. The summed E-state index contributed by atoms with van der Waals surface area (Å²) < 4.78 is 12.0. The minimum atomic E-state index is -1.43. The van der Waals surface area contributed by atoms with Gasteiger partial charge in [-0.1, -0.05) is 6.07 Å². The maximum absolute atomic E-state index is 13.6. The van der Waals surface area contributed by atoms with Crippen molar-refractivity contribution in [3.63, 3.8) is 0 Å². The van der Waals surface area contributed by atoms with E-state index in [9.17, 15) is 14.7 Å². The summed E-state index contributed by atoms with van der Waals surface area (Å²) in [4.78, 5) is 32.3. The van der Waals surface area contributed by atoms with Crippen molar-refractivity contribution in [2.24, 2.45) is 0 Å². The third kappa shape index (κ3) is 3.15. The highest BCUT2D eigenvalue weighted by Gasteiger charge is 2.35. The van der Waals surface area contributed by atoms with Crippen molar-refractivity contribution in [2.45, 2.75) is 45.1 Å². The van der Waals surface area contributed by atoms with E-state index in [0.717, 1.165) is 30.4 Å². The Bertz CT molecular complexity index is 1210. The molecule has 7 nitrogen and oxygen atoms in total. The van der Waals surface area contributed by atoms with E-state index in [4.69, 9.17) is 14.5 Å². The van der Waals surface area contributed by atoms with Crippen LogP contribution in [0.15, 0.2) is 23.0 Å². The molecule has 3 aromatic rings. The Labute approximate surface area is 177 Å². The lowest BCUT2D eigenvalue weighted by atomic mass is 10.0. The number of hydrogen-bond acceptors (Lipinski definition) is 6. The fourth-order valence-electron chi connectivity index (χ4n) is 4.05. The van der Waals surface area contributed by atoms with Crippen LogP contribution in [0.25, 0.3) is 10.2 Å². The Kier molecular flexibility index (Phi) is 5.05. The van der Waals surface area contributed by atoms with Gasteiger partial charge in [0.05, 0.1) is 19.6 Å². The first-order chi connectivity index (χ1) is 14.3. The second-order valence-corrected chi connectivity index (χ2v) is 9.02. The van der Waals surface area contributed by atoms with Crippen LogP contribution in [-0.2, 0) is 29.6 Å². The summed E-state index contributed by atoms with van der Waals surface area (Å²) >= 11 is 1.55. The van der Waals surface area contributed by atoms with Gasteiger partial charge in [-0.25, -0.2) is 9.78 Å². The number of aromatic nitrogens is 2. The predicted octanol–water partition coefficient (Wildman–Crippen LogP) is 3.37. The number of thiophene rings is 1. The van der Waals surface area contributed by atoms with Crippen LogP contribution in [0, 0.1) is 0 Å². The predicted molar refractivity (Wildman–Crippen MR) is 115 cm³/mol. The summed E-state index contributed by atoms with van der Waals surface area (Å²) in [5.74, 6) is 0.512. The van der Waals surface area contributed by atoms with Gasteiger partial charge in [0.15, 0.2) is 11.5 Å². The summed E-state index contributed by atoms with van der Waals surface area (Å²) in [5.41, 5.74) is 0.178. The maximum atomic E-state index is 13.6. The van der Waals surface area contributed by atoms with Gasteiger partial charge in [0, 0.05) is 11.3 Å². The number of rotatable bonds is 6. The van der Waals surface area contributed by atoms with Crippen molar-refractivity contribution in [3.8, 4) is 11.5 Å². The zero-order valence-electron chi connectivity index (χ0n) is 17.4. The third-order valence-electron chi connectivity index (χ3n) is 5.70. The van der Waals surface area contributed by atoms with Crippen molar-refractivity contribution in [2.75, 3.05) is 14.2 Å². The van der Waals surface area contributed by atoms with E-state index < -0.39 is 11.5 Å². The molecule has 0 radical (unpaired) electrons. The van der Waals surface area contributed by atoms with E-state index in [1.165, 1.54) is 23.3 Å². The molecule has 4 rings (SSSR count). The van der Waals surface area contributed by atoms with Gasteiger partial charge in [0.1, 0.15) is 16.2 Å². The Morgan fingerprint density at radius 2 is 1.97 bits per heavy atom. The number of carboxylic acids is 1. The SMILES string of the molecule is COc1ccc(Cc2nc3sc4c(c3c(=O)n2C(C)(C)C(=O)O)CCC4)cc1OC. The Balaban J connectivity index is 1.93. The second kappa shape index (κ2) is 7.43. The molecule has 0 unspecified atom stereocenters. The van der Waals surface area contributed by atoms with E-state index in [1.54, 1.807) is 31.6 Å². The summed E-state index contributed by atoms with van der Waals surface area (Å²) in [5, 5.41) is 10.4. The van der Waals surface area contributed by atoms with Crippen LogP contribution >= 0.6 is 11.3 Å². The lowest BCUT2D eigenvalue weighted by Crippen LogP contribution is -2.45. The first kappa shape index (κ1) is 20.4. The number of hydrogen-bond donors (Lipinski definition) is 1. The fraction of sp³-hybridized carbons (Fsp3) is 0.409. The zero-order valence-corrected chi connectivity index (χ0v) is 18.3. The lowest BCUT2D eigenvalue weighted by Gasteiger charge is -2.26. The number of aliphatic carboxylic acids is 1. The van der Waals surface area contributed by atoms with Crippen molar-refractivity contribution < 1.29 is 19.4 Å². The molecule has 1 aliphatic rings. The molecule has 0 atom stereocenters. The van der Waals surface area contributed by atoms with Crippen LogP contribution < -0.4 is 15.0 Å². The van der Waals surface area contributed by atoms with Crippen LogP contribution in [0.5, 0.6) is 11.5 Å². The summed E-state index contributed by atoms with van der Waals surface area (Å²) in [6.45, 7) is 3.07. The quantitative estimate of drug-likeness (QED) is 0.647. The largest absolute Gasteiger partial charge is 0.493 e. The number of carbonyl (C=O) groups is 1. The minimum absolute atomic E-state index is 0.276. The van der Waals surface area contributed by atoms with E-state index in [0.29, 0.717) is 34.0 Å². The monoisotopic (exact) mass is 428 g/mol. The van der Waals surface area contributed by atoms with Crippen molar-refractivity contribution in [1.82, 2.24) is 9.55 Å². The topological polar surface area (TPSA) is 90.7 Å². The molecule has 30 heavy (non-hydrogen) atoms. The van der Waals surface area contributed by atoms with Crippen molar-refractivity contribution in [3.05, 3.63) is 50.4 Å². The summed E-state index contributed by atoms with van der Waals surface area (Å²) in [6.07, 6.45) is 3.11. The van der Waals surface area contributed by atoms with Crippen molar-refractivity contribution in [1.29, 1.82) is 0 Å². The molecule has 2 heterocycles. The number of ether oxygens (including phenoxy) is 2. The van der Waals surface area contributed by atoms with Crippen LogP contribution in [-0.4, -0.2) is 34.8 Å². The fourth-order valence-corrected chi connectivity index (χ4v) is 5.32. The molecule has 0 aliphatic heterocycles. The zero-order chi connectivity index (χ0) is 21.6. The van der Waals surface area contributed by atoms with E-state index in [1.807, 2.05) is 12.1 Å². The normalized spacial score (nSPS) is 13.5. The van der Waals surface area contributed by atoms with Crippen molar-refractivity contribution >= 4 is 27.5 Å². The molecule has 1 aromatic carbocycles. The minimum Gasteiger partial charge on any atom is -0.493 e. The van der Waals surface area contributed by atoms with Gasteiger partial charge < -0.3 is 14.6 Å². The van der Waals surface area contributed by atoms with E-state index in [-0.39, 0.29) is 5.56 Å². The molecule has 0 saturated carbocycles. The Morgan fingerprint density at radius 3 is 2.63 bits per heavy atom. The van der Waals surface area contributed by atoms with Crippen LogP contribution in [0.2, 0.25) is 0 Å². The van der Waals surface area contributed by atoms with Gasteiger partial charge in [-0.15, -0.1) is 11.3 Å². The number of nitrogens with zero attached hydrogens (tertiary/aromatic N) is 2. The Hall–Kier alpha value is -2.87. The first-order valence-corrected chi connectivity index (χ1v) is 10.6. The number of carboxylic acid groups (broad SMARTS) is 1. The molecule has 0 amide bonds. The van der Waals surface area contributed by atoms with Gasteiger partial charge in [-0.05, 0) is 56.4 Å². The molecule has 8 heteroatoms. The highest BCUT2D eigenvalue weighted by molar-refractivity contribution is 7.18. The number of aryl methyl sites for hydroxylation is 2. The molecule has 0 fully saturated rings. The molecular weight excluding hydrogens is 404 g/mol. The first-order valence-electron chi connectivity index (χ1n) is 9.79. The van der Waals surface area contributed by atoms with Gasteiger partial charge >= 0.3 is 5.97 Å². The molecule has 2 aromatic heterocycles. The van der Waals surface area contributed by atoms with Crippen LogP contribution in [0.4, 0.5) is 0 Å². The number of methoxy groups -OCH3 is 2. The van der Waals surface area contributed by atoms with Gasteiger partial charge in [0.2, 0.25) is 0 Å². The smallest absolute Gasteiger partial charge is 0.329 e. The summed E-state index contributed by atoms with van der Waals surface area (Å²) in [7, 11) is 3.12. The van der Waals surface area contributed by atoms with Crippen LogP contribution in [0.1, 0.15) is 42.1 Å². The third-order valence-corrected chi connectivity index (χ3v) is 6.89. The molecule has 0 saturated heterocycles. The van der Waals surface area contributed by atoms with Gasteiger partial charge in [0.25, 0.3) is 5.56 Å². The summed E-state index contributed by atoms with van der Waals surface area (Å²) in [6, 6.07) is 5.48. The lowest BCUT2D eigenvalue weighted by molar-refractivity contribution is -0.146.